The Morgan fingerprint density at radius 2 is 1.74 bits per heavy atom. The molecule has 0 aliphatic carbocycles. The molecule has 0 N–H and O–H groups in total. The Balaban J connectivity index is 2.87. The van der Waals surface area contributed by atoms with Crippen molar-refractivity contribution in [3.8, 4) is 0 Å². The van der Waals surface area contributed by atoms with Crippen molar-refractivity contribution in [1.29, 1.82) is 0 Å². The first-order valence-corrected chi connectivity index (χ1v) is 8.64. The topological polar surface area (TPSA) is 37.4 Å². The van der Waals surface area contributed by atoms with Crippen LogP contribution in [0.1, 0.15) is 30.6 Å². The van der Waals surface area contributed by atoms with Crippen LogP contribution in [0.4, 0.5) is 0 Å². The normalized spacial score (nSPS) is 11.3. The molecule has 3 nitrogen and oxygen atoms in total. The van der Waals surface area contributed by atoms with Crippen LogP contribution in [0.25, 0.3) is 0 Å². The standard InChI is InChI=1S/C19H25NO2S/c1-5-12-20(13-6-2)19(3,4)18(22)16-8-10-17(11-9-16)23-15-7-14-21/h5-6,8-11,14H,1-2,7,12-13,15H2,3-4H3. The maximum Gasteiger partial charge on any atom is 0.182 e. The highest BCUT2D eigenvalue weighted by Crippen LogP contribution is 2.24. The Morgan fingerprint density at radius 3 is 2.22 bits per heavy atom. The predicted molar refractivity (Wildman–Crippen MR) is 98.2 cm³/mol. The molecule has 0 saturated heterocycles. The van der Waals surface area contributed by atoms with Crippen LogP contribution in [0, 0.1) is 0 Å². The first-order valence-electron chi connectivity index (χ1n) is 7.65. The van der Waals surface area contributed by atoms with Crippen molar-refractivity contribution in [3.05, 3.63) is 55.1 Å². The molecule has 0 saturated carbocycles. The van der Waals surface area contributed by atoms with Gasteiger partial charge in [-0.3, -0.25) is 9.69 Å². The highest BCUT2D eigenvalue weighted by atomic mass is 32.2. The second-order valence-corrected chi connectivity index (χ2v) is 6.87. The van der Waals surface area contributed by atoms with Crippen molar-refractivity contribution in [2.24, 2.45) is 0 Å². The zero-order chi connectivity index (χ0) is 17.3. The smallest absolute Gasteiger partial charge is 0.182 e. The first-order chi connectivity index (χ1) is 11.0. The second kappa shape index (κ2) is 9.48. The Morgan fingerprint density at radius 1 is 1.17 bits per heavy atom. The molecule has 0 heterocycles. The third-order valence-electron chi connectivity index (χ3n) is 3.67. The number of benzene rings is 1. The fourth-order valence-electron chi connectivity index (χ4n) is 2.27. The molecule has 0 unspecified atom stereocenters. The number of hydrogen-bond acceptors (Lipinski definition) is 4. The van der Waals surface area contributed by atoms with Crippen molar-refractivity contribution in [2.45, 2.75) is 30.7 Å². The summed E-state index contributed by atoms with van der Waals surface area (Å²) in [6.07, 6.45) is 5.05. The van der Waals surface area contributed by atoms with Crippen molar-refractivity contribution in [2.75, 3.05) is 18.8 Å². The molecule has 0 atom stereocenters. The molecule has 4 heteroatoms. The highest BCUT2D eigenvalue weighted by molar-refractivity contribution is 7.99. The minimum absolute atomic E-state index is 0.0747. The van der Waals surface area contributed by atoms with E-state index in [1.165, 1.54) is 0 Å². The van der Waals surface area contributed by atoms with Gasteiger partial charge in [0.15, 0.2) is 5.78 Å². The van der Waals surface area contributed by atoms with Crippen molar-refractivity contribution < 1.29 is 9.59 Å². The number of aldehydes is 1. The van der Waals surface area contributed by atoms with Crippen LogP contribution >= 0.6 is 11.8 Å². The molecule has 0 radical (unpaired) electrons. The molecule has 1 aromatic rings. The zero-order valence-electron chi connectivity index (χ0n) is 14.0. The van der Waals surface area contributed by atoms with Crippen LogP contribution in [0.5, 0.6) is 0 Å². The van der Waals surface area contributed by atoms with E-state index in [9.17, 15) is 9.59 Å². The Bertz CT molecular complexity index is 539. The minimum atomic E-state index is -0.630. The molecule has 0 bridgehead atoms. The summed E-state index contributed by atoms with van der Waals surface area (Å²) in [6, 6.07) is 7.58. The average molecular weight is 331 g/mol. The van der Waals surface area contributed by atoms with E-state index in [1.807, 2.05) is 43.0 Å². The second-order valence-electron chi connectivity index (χ2n) is 5.70. The molecule has 1 aromatic carbocycles. The lowest BCUT2D eigenvalue weighted by Gasteiger charge is -2.36. The largest absolute Gasteiger partial charge is 0.303 e. The number of carbonyl (C=O) groups excluding carboxylic acids is 2. The van der Waals surface area contributed by atoms with Crippen LogP contribution in [0.2, 0.25) is 0 Å². The summed E-state index contributed by atoms with van der Waals surface area (Å²) in [4.78, 5) is 26.3. The van der Waals surface area contributed by atoms with Gasteiger partial charge in [-0.1, -0.05) is 24.3 Å². The monoisotopic (exact) mass is 331 g/mol. The number of rotatable bonds is 11. The summed E-state index contributed by atoms with van der Waals surface area (Å²) in [6.45, 7) is 12.6. The van der Waals surface area contributed by atoms with Gasteiger partial charge in [-0.2, -0.15) is 0 Å². The zero-order valence-corrected chi connectivity index (χ0v) is 14.8. The molecule has 0 aliphatic heterocycles. The number of ketones is 1. The molecular formula is C19H25NO2S. The van der Waals surface area contributed by atoms with E-state index < -0.39 is 5.54 Å². The molecule has 0 aromatic heterocycles. The Hall–Kier alpha value is -1.65. The summed E-state index contributed by atoms with van der Waals surface area (Å²) in [5.41, 5.74) is 0.0574. The van der Waals surface area contributed by atoms with Gasteiger partial charge in [0.05, 0.1) is 5.54 Å². The van der Waals surface area contributed by atoms with Gasteiger partial charge in [0, 0.05) is 35.7 Å². The molecule has 0 amide bonds. The molecule has 0 spiro atoms. The van der Waals surface area contributed by atoms with Gasteiger partial charge < -0.3 is 4.79 Å². The van der Waals surface area contributed by atoms with Crippen LogP contribution in [0.15, 0.2) is 54.5 Å². The first kappa shape index (κ1) is 19.4. The van der Waals surface area contributed by atoms with Crippen molar-refractivity contribution in [3.63, 3.8) is 0 Å². The molecule has 23 heavy (non-hydrogen) atoms. The lowest BCUT2D eigenvalue weighted by molar-refractivity contribution is -0.107. The van der Waals surface area contributed by atoms with E-state index >= 15 is 0 Å². The van der Waals surface area contributed by atoms with Gasteiger partial charge in [-0.25, -0.2) is 0 Å². The van der Waals surface area contributed by atoms with E-state index in [0.29, 0.717) is 25.1 Å². The van der Waals surface area contributed by atoms with Gasteiger partial charge >= 0.3 is 0 Å². The van der Waals surface area contributed by atoms with Gasteiger partial charge in [-0.05, 0) is 26.0 Å². The number of Topliss-reactive ketones (excluding diaryl/α,β-unsaturated/α-hetero) is 1. The van der Waals surface area contributed by atoms with E-state index in [0.717, 1.165) is 16.9 Å². The predicted octanol–water partition coefficient (Wildman–Crippen LogP) is 4.00. The Labute approximate surface area is 143 Å². The van der Waals surface area contributed by atoms with E-state index in [4.69, 9.17) is 0 Å². The maximum atomic E-state index is 12.9. The number of thioether (sulfide) groups is 1. The molecule has 1 rings (SSSR count). The molecular weight excluding hydrogens is 306 g/mol. The van der Waals surface area contributed by atoms with Crippen LogP contribution in [-0.2, 0) is 4.79 Å². The molecule has 124 valence electrons. The quantitative estimate of drug-likeness (QED) is 0.202. The van der Waals surface area contributed by atoms with Crippen molar-refractivity contribution in [1.82, 2.24) is 4.90 Å². The Kier molecular flexibility index (Phi) is 8.00. The fourth-order valence-corrected chi connectivity index (χ4v) is 3.05. The lowest BCUT2D eigenvalue weighted by Crippen LogP contribution is -2.50. The van der Waals surface area contributed by atoms with E-state index in [1.54, 1.807) is 23.9 Å². The molecule has 0 fully saturated rings. The van der Waals surface area contributed by atoms with E-state index in [2.05, 4.69) is 13.2 Å². The van der Waals surface area contributed by atoms with Crippen molar-refractivity contribution >= 4 is 23.8 Å². The molecule has 0 aliphatic rings. The number of hydrogen-bond donors (Lipinski definition) is 0. The van der Waals surface area contributed by atoms with Gasteiger partial charge in [0.1, 0.15) is 6.29 Å². The lowest BCUT2D eigenvalue weighted by atomic mass is 9.91. The summed E-state index contributed by atoms with van der Waals surface area (Å²) in [5, 5.41) is 0. The summed E-state index contributed by atoms with van der Waals surface area (Å²) < 4.78 is 0. The fraction of sp³-hybridized carbons (Fsp3) is 0.368. The summed E-state index contributed by atoms with van der Waals surface area (Å²) in [5.74, 6) is 0.833. The van der Waals surface area contributed by atoms with Crippen LogP contribution < -0.4 is 0 Å². The summed E-state index contributed by atoms with van der Waals surface area (Å²) >= 11 is 1.62. The summed E-state index contributed by atoms with van der Waals surface area (Å²) in [7, 11) is 0. The third kappa shape index (κ3) is 5.48. The van der Waals surface area contributed by atoms with Crippen LogP contribution in [0.3, 0.4) is 0 Å². The highest BCUT2D eigenvalue weighted by Gasteiger charge is 2.33. The van der Waals surface area contributed by atoms with Gasteiger partial charge in [0.25, 0.3) is 0 Å². The average Bonchev–Trinajstić information content (AvgIpc) is 2.55. The number of nitrogens with zero attached hydrogens (tertiary/aromatic N) is 1. The number of carbonyl (C=O) groups is 2. The third-order valence-corrected chi connectivity index (χ3v) is 4.71. The van der Waals surface area contributed by atoms with E-state index in [-0.39, 0.29) is 5.78 Å². The van der Waals surface area contributed by atoms with Gasteiger partial charge in [0.2, 0.25) is 0 Å². The van der Waals surface area contributed by atoms with Gasteiger partial charge in [-0.15, -0.1) is 24.9 Å². The van der Waals surface area contributed by atoms with Crippen LogP contribution in [-0.4, -0.2) is 41.4 Å². The minimum Gasteiger partial charge on any atom is -0.303 e. The maximum absolute atomic E-state index is 12.9. The SMILES string of the molecule is C=CCN(CC=C)C(C)(C)C(=O)c1ccc(SCCC=O)cc1.